The molecule has 0 saturated carbocycles. The molecule has 1 aliphatic rings. The maximum atomic E-state index is 11.2. The summed E-state index contributed by atoms with van der Waals surface area (Å²) in [6.07, 6.45) is 0. The van der Waals surface area contributed by atoms with E-state index in [2.05, 4.69) is 4.74 Å². The van der Waals surface area contributed by atoms with Gasteiger partial charge in [-0.25, -0.2) is 4.79 Å². The van der Waals surface area contributed by atoms with Gasteiger partial charge in [0.15, 0.2) is 0 Å². The second kappa shape index (κ2) is 3.01. The topological polar surface area (TPSA) is 43.4 Å². The molecule has 1 atom stereocenters. The van der Waals surface area contributed by atoms with Gasteiger partial charge in [-0.2, -0.15) is 0 Å². The van der Waals surface area contributed by atoms with Crippen molar-refractivity contribution in [1.82, 2.24) is 0 Å². The summed E-state index contributed by atoms with van der Waals surface area (Å²) in [7, 11) is 0. The first-order valence-electron chi connectivity index (χ1n) is 4.05. The number of carbonyl (C=O) groups is 2. The lowest BCUT2D eigenvalue weighted by Gasteiger charge is -2.02. The van der Waals surface area contributed by atoms with E-state index in [0.717, 1.165) is 5.56 Å². The third-order valence-electron chi connectivity index (χ3n) is 2.10. The van der Waals surface area contributed by atoms with Gasteiger partial charge < -0.3 is 4.74 Å². The first-order chi connectivity index (χ1) is 6.29. The van der Waals surface area contributed by atoms with Gasteiger partial charge in [0.2, 0.25) is 0 Å². The first kappa shape index (κ1) is 7.98. The summed E-state index contributed by atoms with van der Waals surface area (Å²) < 4.78 is 4.64. The van der Waals surface area contributed by atoms with Gasteiger partial charge in [-0.3, -0.25) is 4.79 Å². The standard InChI is InChI=1S/C10H8O3/c11-9-8(6-13-10(9)12)7-4-2-1-3-5-7/h1-5,8H,6H2/t8-/m1/s1. The predicted octanol–water partition coefficient (Wildman–Crippen LogP) is 0.896. The maximum Gasteiger partial charge on any atom is 0.375 e. The molecule has 1 saturated heterocycles. The number of carbonyl (C=O) groups excluding carboxylic acids is 2. The van der Waals surface area contributed by atoms with Crippen LogP contribution >= 0.6 is 0 Å². The van der Waals surface area contributed by atoms with E-state index < -0.39 is 17.7 Å². The Bertz CT molecular complexity index is 342. The molecule has 3 nitrogen and oxygen atoms in total. The molecule has 3 heteroatoms. The van der Waals surface area contributed by atoms with Crippen molar-refractivity contribution in [2.75, 3.05) is 6.61 Å². The Morgan fingerprint density at radius 3 is 2.38 bits per heavy atom. The lowest BCUT2D eigenvalue weighted by Crippen LogP contribution is -2.12. The third-order valence-corrected chi connectivity index (χ3v) is 2.10. The van der Waals surface area contributed by atoms with Gasteiger partial charge in [0.1, 0.15) is 6.61 Å². The van der Waals surface area contributed by atoms with Gasteiger partial charge in [-0.15, -0.1) is 0 Å². The van der Waals surface area contributed by atoms with Crippen LogP contribution < -0.4 is 0 Å². The molecule has 0 radical (unpaired) electrons. The Balaban J connectivity index is 2.29. The summed E-state index contributed by atoms with van der Waals surface area (Å²) in [6.45, 7) is 0.182. The zero-order chi connectivity index (χ0) is 9.26. The number of cyclic esters (lactones) is 1. The van der Waals surface area contributed by atoms with Crippen molar-refractivity contribution >= 4 is 11.8 Å². The summed E-state index contributed by atoms with van der Waals surface area (Å²) in [5, 5.41) is 0. The van der Waals surface area contributed by atoms with Crippen LogP contribution in [0, 0.1) is 0 Å². The van der Waals surface area contributed by atoms with Crippen molar-refractivity contribution in [3.05, 3.63) is 35.9 Å². The predicted molar refractivity (Wildman–Crippen MR) is 45.1 cm³/mol. The summed E-state index contributed by atoms with van der Waals surface area (Å²) in [5.41, 5.74) is 0.846. The molecule has 1 heterocycles. The molecule has 0 aliphatic carbocycles. The van der Waals surface area contributed by atoms with Crippen LogP contribution in [0.1, 0.15) is 11.5 Å². The number of ketones is 1. The summed E-state index contributed by atoms with van der Waals surface area (Å²) >= 11 is 0. The minimum absolute atomic E-state index is 0.182. The van der Waals surface area contributed by atoms with E-state index in [0.29, 0.717) is 0 Å². The van der Waals surface area contributed by atoms with Crippen LogP contribution in [0.3, 0.4) is 0 Å². The highest BCUT2D eigenvalue weighted by molar-refractivity contribution is 6.37. The largest absolute Gasteiger partial charge is 0.459 e. The fourth-order valence-corrected chi connectivity index (χ4v) is 1.38. The van der Waals surface area contributed by atoms with Crippen LogP contribution in [-0.2, 0) is 14.3 Å². The van der Waals surface area contributed by atoms with E-state index in [1.807, 2.05) is 30.3 Å². The van der Waals surface area contributed by atoms with Gasteiger partial charge in [0.05, 0.1) is 5.92 Å². The second-order valence-corrected chi connectivity index (χ2v) is 2.93. The fourth-order valence-electron chi connectivity index (χ4n) is 1.38. The van der Waals surface area contributed by atoms with Gasteiger partial charge in [-0.05, 0) is 5.56 Å². The molecule has 1 aromatic carbocycles. The molecular formula is C10H8O3. The van der Waals surface area contributed by atoms with Crippen LogP contribution in [0.15, 0.2) is 30.3 Å². The Morgan fingerprint density at radius 1 is 1.15 bits per heavy atom. The van der Waals surface area contributed by atoms with Crippen molar-refractivity contribution in [2.24, 2.45) is 0 Å². The summed E-state index contributed by atoms with van der Waals surface area (Å²) in [4.78, 5) is 22.0. The average Bonchev–Trinajstić information content (AvgIpc) is 2.49. The van der Waals surface area contributed by atoms with Crippen LogP contribution in [0.5, 0.6) is 0 Å². The van der Waals surface area contributed by atoms with E-state index in [1.54, 1.807) is 0 Å². The average molecular weight is 176 g/mol. The molecule has 0 bridgehead atoms. The van der Waals surface area contributed by atoms with Crippen LogP contribution in [-0.4, -0.2) is 18.4 Å². The number of rotatable bonds is 1. The van der Waals surface area contributed by atoms with Crippen molar-refractivity contribution in [2.45, 2.75) is 5.92 Å². The molecular weight excluding hydrogens is 168 g/mol. The van der Waals surface area contributed by atoms with Crippen LogP contribution in [0.4, 0.5) is 0 Å². The number of ether oxygens (including phenoxy) is 1. The van der Waals surface area contributed by atoms with Gasteiger partial charge in [0, 0.05) is 0 Å². The molecule has 0 aromatic heterocycles. The SMILES string of the molecule is O=C1OC[C@H](c2ccccc2)C1=O. The monoisotopic (exact) mass is 176 g/mol. The summed E-state index contributed by atoms with van der Waals surface area (Å²) in [6, 6.07) is 9.19. The minimum atomic E-state index is -0.714. The van der Waals surface area contributed by atoms with Crippen LogP contribution in [0.2, 0.25) is 0 Å². The number of esters is 1. The molecule has 0 spiro atoms. The van der Waals surface area contributed by atoms with Gasteiger partial charge >= 0.3 is 5.97 Å². The molecule has 1 aromatic rings. The Kier molecular flexibility index (Phi) is 1.85. The zero-order valence-electron chi connectivity index (χ0n) is 6.90. The minimum Gasteiger partial charge on any atom is -0.459 e. The Labute approximate surface area is 75.3 Å². The molecule has 0 unspecified atom stereocenters. The van der Waals surface area contributed by atoms with Crippen molar-refractivity contribution in [3.8, 4) is 0 Å². The third kappa shape index (κ3) is 1.33. The van der Waals surface area contributed by atoms with E-state index in [9.17, 15) is 9.59 Å². The molecule has 2 rings (SSSR count). The normalized spacial score (nSPS) is 21.7. The first-order valence-corrected chi connectivity index (χ1v) is 4.05. The second-order valence-electron chi connectivity index (χ2n) is 2.93. The molecule has 0 amide bonds. The molecule has 1 fully saturated rings. The van der Waals surface area contributed by atoms with Crippen molar-refractivity contribution in [1.29, 1.82) is 0 Å². The van der Waals surface area contributed by atoms with E-state index in [1.165, 1.54) is 0 Å². The van der Waals surface area contributed by atoms with Gasteiger partial charge in [0.25, 0.3) is 5.78 Å². The molecule has 13 heavy (non-hydrogen) atoms. The number of hydrogen-bond acceptors (Lipinski definition) is 3. The Morgan fingerprint density at radius 2 is 1.85 bits per heavy atom. The Hall–Kier alpha value is -1.64. The van der Waals surface area contributed by atoms with Crippen molar-refractivity contribution < 1.29 is 14.3 Å². The number of hydrogen-bond donors (Lipinski definition) is 0. The maximum absolute atomic E-state index is 11.2. The van der Waals surface area contributed by atoms with Crippen molar-refractivity contribution in [3.63, 3.8) is 0 Å². The molecule has 66 valence electrons. The smallest absolute Gasteiger partial charge is 0.375 e. The lowest BCUT2D eigenvalue weighted by molar-refractivity contribution is -0.147. The fraction of sp³-hybridized carbons (Fsp3) is 0.200. The van der Waals surface area contributed by atoms with Crippen LogP contribution in [0.25, 0.3) is 0 Å². The number of benzene rings is 1. The van der Waals surface area contributed by atoms with E-state index >= 15 is 0 Å². The highest BCUT2D eigenvalue weighted by Gasteiger charge is 2.35. The van der Waals surface area contributed by atoms with E-state index in [4.69, 9.17) is 0 Å². The molecule has 0 N–H and O–H groups in total. The van der Waals surface area contributed by atoms with E-state index in [-0.39, 0.29) is 6.61 Å². The number of Topliss-reactive ketones (excluding diaryl/α,β-unsaturated/α-hetero) is 1. The quantitative estimate of drug-likeness (QED) is 0.471. The molecule has 1 aliphatic heterocycles. The lowest BCUT2D eigenvalue weighted by atomic mass is 9.98. The highest BCUT2D eigenvalue weighted by Crippen LogP contribution is 2.22. The van der Waals surface area contributed by atoms with Gasteiger partial charge in [-0.1, -0.05) is 30.3 Å². The summed E-state index contributed by atoms with van der Waals surface area (Å²) in [5.74, 6) is -1.55. The zero-order valence-corrected chi connectivity index (χ0v) is 6.90. The highest BCUT2D eigenvalue weighted by atomic mass is 16.5.